The number of Topliss-reactive ketones (excluding diaryl/α,β-unsaturated/α-hetero) is 2. The van der Waals surface area contributed by atoms with Gasteiger partial charge in [0.1, 0.15) is 12.1 Å². The molecule has 0 radical (unpaired) electrons. The molecule has 0 saturated carbocycles. The maximum Gasteiger partial charge on any atom is 0.329 e. The topological polar surface area (TPSA) is 177 Å². The van der Waals surface area contributed by atoms with E-state index in [0.29, 0.717) is 12.8 Å². The molecule has 12 heteroatoms. The third kappa shape index (κ3) is 11.6. The van der Waals surface area contributed by atoms with Crippen LogP contribution in [0.3, 0.4) is 0 Å². The molecule has 2 rings (SSSR count). The Bertz CT molecular complexity index is 1470. The number of unbranched alkanes of at least 4 members (excludes halogenated alkanes) is 1. The first-order chi connectivity index (χ1) is 22.0. The summed E-state index contributed by atoms with van der Waals surface area (Å²) in [6, 6.07) is 9.36. The Morgan fingerprint density at radius 1 is 0.717 bits per heavy atom. The van der Waals surface area contributed by atoms with E-state index in [1.165, 1.54) is 24.3 Å². The lowest BCUT2D eigenvalue weighted by Gasteiger charge is -2.23. The van der Waals surface area contributed by atoms with Crippen LogP contribution in [0, 0.1) is 0 Å². The van der Waals surface area contributed by atoms with Crippen LogP contribution in [0.1, 0.15) is 73.1 Å². The molecule has 244 valence electrons. The number of ketones is 2. The van der Waals surface area contributed by atoms with Gasteiger partial charge in [-0.15, -0.1) is 0 Å². The van der Waals surface area contributed by atoms with E-state index in [9.17, 15) is 33.6 Å². The number of amides is 4. The Balaban J connectivity index is 2.39. The third-order valence-corrected chi connectivity index (χ3v) is 6.59. The maximum atomic E-state index is 13.6. The summed E-state index contributed by atoms with van der Waals surface area (Å²) in [5, 5.41) is 10.1. The molecule has 0 spiro atoms. The standard InChI is InChI=1S/C34H40N4O8/c1-5-9-19-46-34(45)27(21-29(40)23-16-11-13-18-25(23)36-31(42)8-4)38-33(44)26(37-32(43)14-6-2)20-28(39)22-15-10-12-17-24(22)35-30(41)7-3/h7-8,10-13,15-18,26-27H,3-6,9,14,19-21H2,1-2H3,(H,35,41)(H,36,42)(H,37,43)(H,38,44). The van der Waals surface area contributed by atoms with E-state index in [2.05, 4.69) is 34.4 Å². The first-order valence-electron chi connectivity index (χ1n) is 14.9. The number of esters is 1. The molecule has 2 unspecified atom stereocenters. The Labute approximate surface area is 268 Å². The first-order valence-corrected chi connectivity index (χ1v) is 14.9. The highest BCUT2D eigenvalue weighted by Crippen LogP contribution is 2.20. The minimum absolute atomic E-state index is 0.0459. The lowest BCUT2D eigenvalue weighted by molar-refractivity contribution is -0.148. The average molecular weight is 633 g/mol. The van der Waals surface area contributed by atoms with Crippen LogP contribution in [-0.2, 0) is 28.7 Å². The zero-order valence-corrected chi connectivity index (χ0v) is 26.1. The van der Waals surface area contributed by atoms with Crippen molar-refractivity contribution in [3.63, 3.8) is 0 Å². The third-order valence-electron chi connectivity index (χ3n) is 6.59. The molecule has 12 nitrogen and oxygen atoms in total. The average Bonchev–Trinajstić information content (AvgIpc) is 3.04. The molecular weight excluding hydrogens is 592 g/mol. The van der Waals surface area contributed by atoms with Crippen molar-refractivity contribution in [2.45, 2.75) is 64.5 Å². The van der Waals surface area contributed by atoms with Crippen molar-refractivity contribution in [1.82, 2.24) is 10.6 Å². The normalized spacial score (nSPS) is 11.6. The lowest BCUT2D eigenvalue weighted by atomic mass is 9.99. The largest absolute Gasteiger partial charge is 0.464 e. The minimum atomic E-state index is -1.49. The zero-order valence-electron chi connectivity index (χ0n) is 26.1. The molecule has 4 N–H and O–H groups in total. The minimum Gasteiger partial charge on any atom is -0.464 e. The zero-order chi connectivity index (χ0) is 34.1. The summed E-state index contributed by atoms with van der Waals surface area (Å²) in [5.74, 6) is -4.56. The van der Waals surface area contributed by atoms with E-state index in [1.54, 1.807) is 31.2 Å². The van der Waals surface area contributed by atoms with Gasteiger partial charge in [0.2, 0.25) is 23.6 Å². The van der Waals surface area contributed by atoms with Gasteiger partial charge in [-0.2, -0.15) is 0 Å². The number of hydrogen-bond acceptors (Lipinski definition) is 8. The van der Waals surface area contributed by atoms with E-state index < -0.39 is 66.1 Å². The molecule has 2 aromatic carbocycles. The summed E-state index contributed by atoms with van der Waals surface area (Å²) in [6.45, 7) is 10.5. The number of carbonyl (C=O) groups is 7. The van der Waals surface area contributed by atoms with E-state index in [4.69, 9.17) is 4.74 Å². The highest BCUT2D eigenvalue weighted by atomic mass is 16.5. The molecule has 0 saturated heterocycles. The second-order valence-electron chi connectivity index (χ2n) is 10.2. The van der Waals surface area contributed by atoms with Gasteiger partial charge in [-0.25, -0.2) is 4.79 Å². The van der Waals surface area contributed by atoms with E-state index in [0.717, 1.165) is 18.6 Å². The number of para-hydroxylation sites is 2. The number of anilines is 2. The van der Waals surface area contributed by atoms with E-state index >= 15 is 0 Å². The van der Waals surface area contributed by atoms with Crippen LogP contribution < -0.4 is 21.3 Å². The van der Waals surface area contributed by atoms with Gasteiger partial charge in [0.05, 0.1) is 18.0 Å². The number of rotatable bonds is 19. The van der Waals surface area contributed by atoms with Crippen LogP contribution in [0.5, 0.6) is 0 Å². The maximum absolute atomic E-state index is 13.6. The summed E-state index contributed by atoms with van der Waals surface area (Å²) in [4.78, 5) is 89.9. The van der Waals surface area contributed by atoms with Crippen molar-refractivity contribution in [2.75, 3.05) is 17.2 Å². The van der Waals surface area contributed by atoms with Crippen molar-refractivity contribution >= 4 is 52.5 Å². The fraction of sp³-hybridized carbons (Fsp3) is 0.324. The fourth-order valence-electron chi connectivity index (χ4n) is 4.21. The molecule has 0 fully saturated rings. The summed E-state index contributed by atoms with van der Waals surface area (Å²) in [7, 11) is 0. The van der Waals surface area contributed by atoms with Crippen LogP contribution in [0.15, 0.2) is 73.8 Å². The van der Waals surface area contributed by atoms with Gasteiger partial charge < -0.3 is 26.0 Å². The SMILES string of the molecule is C=CC(=O)Nc1ccccc1C(=O)CC(NC(=O)CCC)C(=O)NC(CC(=O)c1ccccc1NC(=O)C=C)C(=O)OCCCC. The predicted molar refractivity (Wildman–Crippen MR) is 173 cm³/mol. The molecule has 0 aliphatic rings. The number of benzene rings is 2. The quantitative estimate of drug-likeness (QED) is 0.0780. The van der Waals surface area contributed by atoms with Gasteiger partial charge in [-0.1, -0.05) is 57.7 Å². The van der Waals surface area contributed by atoms with Gasteiger partial charge >= 0.3 is 5.97 Å². The molecule has 0 aromatic heterocycles. The van der Waals surface area contributed by atoms with Crippen LogP contribution >= 0.6 is 0 Å². The number of ether oxygens (including phenoxy) is 1. The van der Waals surface area contributed by atoms with Crippen LogP contribution in [0.2, 0.25) is 0 Å². The first kappa shape index (κ1) is 36.8. The highest BCUT2D eigenvalue weighted by Gasteiger charge is 2.32. The van der Waals surface area contributed by atoms with Gasteiger partial charge in [0, 0.05) is 30.4 Å². The molecular formula is C34H40N4O8. The number of hydrogen-bond donors (Lipinski definition) is 4. The van der Waals surface area contributed by atoms with Crippen molar-refractivity contribution < 1.29 is 38.3 Å². The van der Waals surface area contributed by atoms with Crippen LogP contribution in [0.4, 0.5) is 11.4 Å². The van der Waals surface area contributed by atoms with Crippen molar-refractivity contribution in [3.8, 4) is 0 Å². The lowest BCUT2D eigenvalue weighted by Crippen LogP contribution is -2.53. The Kier molecular flexibility index (Phi) is 15.3. The molecule has 46 heavy (non-hydrogen) atoms. The summed E-state index contributed by atoms with van der Waals surface area (Å²) < 4.78 is 5.32. The smallest absolute Gasteiger partial charge is 0.329 e. The molecule has 2 atom stereocenters. The summed E-state index contributed by atoms with van der Waals surface area (Å²) in [6.07, 6.45) is 2.81. The number of nitrogens with one attached hydrogen (secondary N) is 4. The summed E-state index contributed by atoms with van der Waals surface area (Å²) in [5.41, 5.74) is 0.532. The Morgan fingerprint density at radius 3 is 1.70 bits per heavy atom. The molecule has 0 aliphatic carbocycles. The van der Waals surface area contributed by atoms with Gasteiger partial charge in [-0.05, 0) is 49.3 Å². The van der Waals surface area contributed by atoms with E-state index in [1.807, 2.05) is 6.92 Å². The molecule has 0 heterocycles. The van der Waals surface area contributed by atoms with Gasteiger partial charge in [0.15, 0.2) is 11.6 Å². The van der Waals surface area contributed by atoms with Crippen LogP contribution in [-0.4, -0.2) is 59.9 Å². The van der Waals surface area contributed by atoms with Crippen molar-refractivity contribution in [1.29, 1.82) is 0 Å². The monoisotopic (exact) mass is 632 g/mol. The molecule has 0 bridgehead atoms. The second kappa shape index (κ2) is 19.1. The predicted octanol–water partition coefficient (Wildman–Crippen LogP) is 3.89. The molecule has 0 aliphatic heterocycles. The Hall–Kier alpha value is -5.39. The summed E-state index contributed by atoms with van der Waals surface area (Å²) >= 11 is 0. The highest BCUT2D eigenvalue weighted by molar-refractivity contribution is 6.10. The molecule has 4 amide bonds. The van der Waals surface area contributed by atoms with E-state index in [-0.39, 0.29) is 35.5 Å². The van der Waals surface area contributed by atoms with Crippen LogP contribution in [0.25, 0.3) is 0 Å². The molecule has 2 aromatic rings. The fourth-order valence-corrected chi connectivity index (χ4v) is 4.21. The second-order valence-corrected chi connectivity index (χ2v) is 10.2. The van der Waals surface area contributed by atoms with Crippen molar-refractivity contribution in [2.24, 2.45) is 0 Å². The Morgan fingerprint density at radius 2 is 1.22 bits per heavy atom. The van der Waals surface area contributed by atoms with Gasteiger partial charge in [-0.3, -0.25) is 28.8 Å². The number of carbonyl (C=O) groups excluding carboxylic acids is 7. The van der Waals surface area contributed by atoms with Crippen molar-refractivity contribution in [3.05, 3.63) is 85.0 Å². The van der Waals surface area contributed by atoms with Gasteiger partial charge in [0.25, 0.3) is 0 Å².